The van der Waals surface area contributed by atoms with Gasteiger partial charge in [-0.1, -0.05) is 0 Å². The Balaban J connectivity index is 0.00000220. The number of halogens is 2. The van der Waals surface area contributed by atoms with Crippen molar-refractivity contribution in [2.45, 2.75) is 38.7 Å². The normalized spacial score (nSPS) is 16.3. The Kier molecular flexibility index (Phi) is 9.50. The highest BCUT2D eigenvalue weighted by Crippen LogP contribution is 2.23. The molecular weight excluding hydrogens is 345 g/mol. The Bertz CT molecular complexity index is 477. The molecule has 0 bridgehead atoms. The maximum Gasteiger partial charge on any atom is 0.252 e. The fourth-order valence-corrected chi connectivity index (χ4v) is 3.55. The van der Waals surface area contributed by atoms with Gasteiger partial charge in [0.2, 0.25) is 0 Å². The average Bonchev–Trinajstić information content (AvgIpc) is 2.77. The molecule has 0 aromatic carbocycles. The number of methoxy groups -OCH3 is 1. The van der Waals surface area contributed by atoms with Crippen LogP contribution in [0.15, 0.2) is 0 Å². The SMILES string of the molecule is COC1(C(=O)NCCc2sc(C)nc2C)CCNCC1.Cl.Cl. The third kappa shape index (κ3) is 5.06. The first-order valence-electron chi connectivity index (χ1n) is 7.04. The molecule has 128 valence electrons. The van der Waals surface area contributed by atoms with Gasteiger partial charge in [-0.05, 0) is 39.8 Å². The van der Waals surface area contributed by atoms with Crippen molar-refractivity contribution in [1.82, 2.24) is 15.6 Å². The molecule has 1 aliphatic rings. The van der Waals surface area contributed by atoms with Gasteiger partial charge in [0.05, 0.1) is 10.7 Å². The standard InChI is InChI=1S/C14H23N3O2S.2ClH/c1-10-12(20-11(2)17-10)4-7-16-13(18)14(19-3)5-8-15-9-6-14;;/h15H,4-9H2,1-3H3,(H,16,18);2*1H. The highest BCUT2D eigenvalue weighted by molar-refractivity contribution is 7.11. The number of nitrogens with one attached hydrogen (secondary N) is 2. The molecule has 0 radical (unpaired) electrons. The zero-order chi connectivity index (χ0) is 14.6. The van der Waals surface area contributed by atoms with E-state index in [1.165, 1.54) is 4.88 Å². The minimum Gasteiger partial charge on any atom is -0.368 e. The summed E-state index contributed by atoms with van der Waals surface area (Å²) >= 11 is 1.70. The molecule has 8 heteroatoms. The molecule has 1 aliphatic heterocycles. The molecule has 1 aromatic heterocycles. The van der Waals surface area contributed by atoms with Crippen molar-refractivity contribution in [1.29, 1.82) is 0 Å². The Morgan fingerprint density at radius 1 is 1.36 bits per heavy atom. The zero-order valence-electron chi connectivity index (χ0n) is 13.2. The van der Waals surface area contributed by atoms with Gasteiger partial charge in [-0.3, -0.25) is 4.79 Å². The second kappa shape index (κ2) is 9.67. The van der Waals surface area contributed by atoms with Crippen LogP contribution in [0.1, 0.15) is 28.4 Å². The van der Waals surface area contributed by atoms with E-state index in [4.69, 9.17) is 4.74 Å². The van der Waals surface area contributed by atoms with E-state index in [1.54, 1.807) is 18.4 Å². The van der Waals surface area contributed by atoms with Gasteiger partial charge in [-0.25, -0.2) is 4.98 Å². The summed E-state index contributed by atoms with van der Waals surface area (Å²) in [6, 6.07) is 0. The lowest BCUT2D eigenvalue weighted by Gasteiger charge is -2.34. The molecule has 1 amide bonds. The highest BCUT2D eigenvalue weighted by Gasteiger charge is 2.39. The third-order valence-electron chi connectivity index (χ3n) is 3.85. The second-order valence-corrected chi connectivity index (χ2v) is 6.48. The van der Waals surface area contributed by atoms with E-state index in [1.807, 2.05) is 13.8 Å². The minimum atomic E-state index is -0.649. The minimum absolute atomic E-state index is 0. The molecule has 2 N–H and O–H groups in total. The summed E-state index contributed by atoms with van der Waals surface area (Å²) < 4.78 is 5.51. The lowest BCUT2D eigenvalue weighted by atomic mass is 9.91. The predicted octanol–water partition coefficient (Wildman–Crippen LogP) is 2.03. The van der Waals surface area contributed by atoms with Crippen molar-refractivity contribution in [2.75, 3.05) is 26.7 Å². The number of hydrogen-bond donors (Lipinski definition) is 2. The fourth-order valence-electron chi connectivity index (χ4n) is 2.61. The number of aryl methyl sites for hydroxylation is 2. The summed E-state index contributed by atoms with van der Waals surface area (Å²) in [6.07, 6.45) is 2.29. The maximum atomic E-state index is 12.4. The summed E-state index contributed by atoms with van der Waals surface area (Å²) in [4.78, 5) is 18.0. The van der Waals surface area contributed by atoms with Gasteiger partial charge in [0.15, 0.2) is 0 Å². The van der Waals surface area contributed by atoms with Gasteiger partial charge in [0, 0.05) is 25.0 Å². The Labute approximate surface area is 148 Å². The molecule has 2 rings (SSSR count). The number of rotatable bonds is 5. The Hall–Kier alpha value is -0.400. The number of carbonyl (C=O) groups excluding carboxylic acids is 1. The first-order valence-corrected chi connectivity index (χ1v) is 7.86. The highest BCUT2D eigenvalue weighted by atomic mass is 35.5. The van der Waals surface area contributed by atoms with Gasteiger partial charge in [0.25, 0.3) is 5.91 Å². The van der Waals surface area contributed by atoms with Crippen molar-refractivity contribution in [3.05, 3.63) is 15.6 Å². The van der Waals surface area contributed by atoms with Crippen LogP contribution in [-0.4, -0.2) is 43.2 Å². The number of nitrogens with zero attached hydrogens (tertiary/aromatic N) is 1. The monoisotopic (exact) mass is 369 g/mol. The third-order valence-corrected chi connectivity index (χ3v) is 4.99. The van der Waals surface area contributed by atoms with Crippen LogP contribution < -0.4 is 10.6 Å². The summed E-state index contributed by atoms with van der Waals surface area (Å²) in [5.74, 6) is 0.0143. The number of piperidine rings is 1. The molecule has 1 fully saturated rings. The van der Waals surface area contributed by atoms with Crippen LogP contribution in [0.25, 0.3) is 0 Å². The van der Waals surface area contributed by atoms with Crippen LogP contribution in [0.2, 0.25) is 0 Å². The number of amides is 1. The molecule has 0 aliphatic carbocycles. The maximum absolute atomic E-state index is 12.4. The van der Waals surface area contributed by atoms with Crippen LogP contribution >= 0.6 is 36.2 Å². The van der Waals surface area contributed by atoms with E-state index in [2.05, 4.69) is 15.6 Å². The fraction of sp³-hybridized carbons (Fsp3) is 0.714. The van der Waals surface area contributed by atoms with E-state index < -0.39 is 5.60 Å². The largest absolute Gasteiger partial charge is 0.368 e. The number of hydrogen-bond acceptors (Lipinski definition) is 5. The van der Waals surface area contributed by atoms with Gasteiger partial charge < -0.3 is 15.4 Å². The van der Waals surface area contributed by atoms with Crippen molar-refractivity contribution in [3.63, 3.8) is 0 Å². The number of aromatic nitrogens is 1. The van der Waals surface area contributed by atoms with Crippen molar-refractivity contribution < 1.29 is 9.53 Å². The summed E-state index contributed by atoms with van der Waals surface area (Å²) in [5, 5.41) is 7.35. The van der Waals surface area contributed by atoms with Gasteiger partial charge in [-0.15, -0.1) is 36.2 Å². The van der Waals surface area contributed by atoms with E-state index in [0.29, 0.717) is 6.54 Å². The van der Waals surface area contributed by atoms with Gasteiger partial charge in [-0.2, -0.15) is 0 Å². The summed E-state index contributed by atoms with van der Waals surface area (Å²) in [7, 11) is 1.63. The van der Waals surface area contributed by atoms with Crippen LogP contribution in [0.5, 0.6) is 0 Å². The molecule has 0 saturated carbocycles. The van der Waals surface area contributed by atoms with Gasteiger partial charge >= 0.3 is 0 Å². The summed E-state index contributed by atoms with van der Waals surface area (Å²) in [5.41, 5.74) is 0.425. The van der Waals surface area contributed by atoms with Crippen LogP contribution in [0.3, 0.4) is 0 Å². The molecule has 0 spiro atoms. The van der Waals surface area contributed by atoms with E-state index in [9.17, 15) is 4.79 Å². The number of ether oxygens (including phenoxy) is 1. The van der Waals surface area contributed by atoms with Crippen LogP contribution in [0, 0.1) is 13.8 Å². The van der Waals surface area contributed by atoms with Crippen molar-refractivity contribution >= 4 is 42.1 Å². The number of carbonyl (C=O) groups is 1. The molecule has 2 heterocycles. The van der Waals surface area contributed by atoms with Crippen LogP contribution in [0.4, 0.5) is 0 Å². The van der Waals surface area contributed by atoms with E-state index in [-0.39, 0.29) is 30.7 Å². The summed E-state index contributed by atoms with van der Waals surface area (Å²) in [6.45, 7) is 6.32. The topological polar surface area (TPSA) is 63.2 Å². The van der Waals surface area contributed by atoms with Gasteiger partial charge in [0.1, 0.15) is 5.60 Å². The molecule has 5 nitrogen and oxygen atoms in total. The molecule has 1 saturated heterocycles. The molecule has 0 unspecified atom stereocenters. The quantitative estimate of drug-likeness (QED) is 0.833. The van der Waals surface area contributed by atoms with E-state index >= 15 is 0 Å². The molecule has 0 atom stereocenters. The first-order chi connectivity index (χ1) is 9.57. The molecule has 1 aromatic rings. The lowest BCUT2D eigenvalue weighted by Crippen LogP contribution is -2.54. The average molecular weight is 370 g/mol. The molecule has 22 heavy (non-hydrogen) atoms. The lowest BCUT2D eigenvalue weighted by molar-refractivity contribution is -0.146. The number of thiazole rings is 1. The van der Waals surface area contributed by atoms with E-state index in [0.717, 1.165) is 43.1 Å². The predicted molar refractivity (Wildman–Crippen MR) is 94.6 cm³/mol. The van der Waals surface area contributed by atoms with Crippen LogP contribution in [-0.2, 0) is 16.0 Å². The zero-order valence-corrected chi connectivity index (χ0v) is 15.7. The first kappa shape index (κ1) is 21.6. The Morgan fingerprint density at radius 2 is 2.00 bits per heavy atom. The molecular formula is C14H25Cl2N3O2S. The second-order valence-electron chi connectivity index (χ2n) is 5.20. The smallest absolute Gasteiger partial charge is 0.252 e. The van der Waals surface area contributed by atoms with Crippen molar-refractivity contribution in [3.8, 4) is 0 Å². The Morgan fingerprint density at radius 3 is 2.50 bits per heavy atom. The van der Waals surface area contributed by atoms with Crippen molar-refractivity contribution in [2.24, 2.45) is 0 Å².